The van der Waals surface area contributed by atoms with Crippen LogP contribution in [0.25, 0.3) is 0 Å². The predicted molar refractivity (Wildman–Crippen MR) is 89.8 cm³/mol. The largest absolute Gasteiger partial charge is 0.468 e. The molecule has 0 saturated heterocycles. The molecule has 4 nitrogen and oxygen atoms in total. The van der Waals surface area contributed by atoms with Crippen molar-refractivity contribution >= 4 is 11.9 Å². The number of carbonyl (C=O) groups excluding carboxylic acids is 2. The lowest BCUT2D eigenvalue weighted by Gasteiger charge is -2.15. The fourth-order valence-electron chi connectivity index (χ4n) is 2.29. The molecular formula is C20H18O4. The predicted octanol–water partition coefficient (Wildman–Crippen LogP) is 2.74. The summed E-state index contributed by atoms with van der Waals surface area (Å²) in [5.74, 6) is 0.236. The number of hydrogen-bond acceptors (Lipinski definition) is 4. The fourth-order valence-corrected chi connectivity index (χ4v) is 2.29. The number of rotatable bonds is 6. The van der Waals surface area contributed by atoms with Gasteiger partial charge >= 0.3 is 11.9 Å². The van der Waals surface area contributed by atoms with Gasteiger partial charge in [-0.3, -0.25) is 9.59 Å². The fraction of sp³-hybridized carbons (Fsp3) is 0.200. The summed E-state index contributed by atoms with van der Waals surface area (Å²) in [6, 6.07) is 16.4. The molecule has 0 aliphatic rings. The summed E-state index contributed by atoms with van der Waals surface area (Å²) in [5, 5.41) is 0. The van der Waals surface area contributed by atoms with Crippen LogP contribution in [0.1, 0.15) is 16.7 Å². The Morgan fingerprint density at radius 1 is 1.04 bits per heavy atom. The van der Waals surface area contributed by atoms with Gasteiger partial charge in [-0.05, 0) is 23.6 Å². The zero-order chi connectivity index (χ0) is 17.4. The normalized spacial score (nSPS) is 11.2. The van der Waals surface area contributed by atoms with Crippen molar-refractivity contribution < 1.29 is 19.1 Å². The lowest BCUT2D eigenvalue weighted by atomic mass is 9.96. The highest BCUT2D eigenvalue weighted by molar-refractivity contribution is 5.95. The average molecular weight is 322 g/mol. The van der Waals surface area contributed by atoms with Gasteiger partial charge < -0.3 is 9.47 Å². The Morgan fingerprint density at radius 2 is 1.71 bits per heavy atom. The van der Waals surface area contributed by atoms with Gasteiger partial charge in [0.05, 0.1) is 7.11 Å². The first-order valence-corrected chi connectivity index (χ1v) is 7.48. The van der Waals surface area contributed by atoms with Crippen molar-refractivity contribution in [1.82, 2.24) is 0 Å². The molecule has 0 fully saturated rings. The van der Waals surface area contributed by atoms with E-state index in [2.05, 4.69) is 5.92 Å². The summed E-state index contributed by atoms with van der Waals surface area (Å²) in [6.07, 6.45) is 5.60. The highest BCUT2D eigenvalue weighted by Gasteiger charge is 2.30. The van der Waals surface area contributed by atoms with Gasteiger partial charge in [0.15, 0.2) is 5.92 Å². The van der Waals surface area contributed by atoms with E-state index >= 15 is 0 Å². The molecule has 1 atom stereocenters. The van der Waals surface area contributed by atoms with Crippen LogP contribution in [0.4, 0.5) is 0 Å². The van der Waals surface area contributed by atoms with Gasteiger partial charge in [-0.1, -0.05) is 54.5 Å². The average Bonchev–Trinajstić information content (AvgIpc) is 2.64. The topological polar surface area (TPSA) is 52.6 Å². The number of ether oxygens (including phenoxy) is 2. The zero-order valence-electron chi connectivity index (χ0n) is 13.4. The van der Waals surface area contributed by atoms with Crippen molar-refractivity contribution in [1.29, 1.82) is 0 Å². The molecule has 0 N–H and O–H groups in total. The minimum absolute atomic E-state index is 0.101. The lowest BCUT2D eigenvalue weighted by Crippen LogP contribution is -2.29. The van der Waals surface area contributed by atoms with Crippen LogP contribution >= 0.6 is 0 Å². The number of methoxy groups -OCH3 is 1. The van der Waals surface area contributed by atoms with Crippen LogP contribution in [-0.2, 0) is 32.1 Å². The van der Waals surface area contributed by atoms with Gasteiger partial charge in [0.25, 0.3) is 0 Å². The molecule has 122 valence electrons. The van der Waals surface area contributed by atoms with Crippen molar-refractivity contribution in [3.8, 4) is 12.3 Å². The quantitative estimate of drug-likeness (QED) is 0.466. The van der Waals surface area contributed by atoms with Gasteiger partial charge in [-0.25, -0.2) is 0 Å². The highest BCUT2D eigenvalue weighted by Crippen LogP contribution is 2.17. The Kier molecular flexibility index (Phi) is 6.16. The van der Waals surface area contributed by atoms with Crippen molar-refractivity contribution in [3.63, 3.8) is 0 Å². The maximum absolute atomic E-state index is 12.3. The third-order valence-corrected chi connectivity index (χ3v) is 3.59. The molecule has 2 aromatic rings. The second-order valence-electron chi connectivity index (χ2n) is 5.17. The third-order valence-electron chi connectivity index (χ3n) is 3.59. The maximum Gasteiger partial charge on any atom is 0.321 e. The zero-order valence-corrected chi connectivity index (χ0v) is 13.4. The molecular weight excluding hydrogens is 304 g/mol. The van der Waals surface area contributed by atoms with Gasteiger partial charge in [0.2, 0.25) is 0 Å². The number of carbonyl (C=O) groups is 2. The number of hydrogen-bond donors (Lipinski definition) is 0. The molecule has 0 bridgehead atoms. The van der Waals surface area contributed by atoms with Crippen LogP contribution in [0, 0.1) is 18.3 Å². The van der Waals surface area contributed by atoms with Gasteiger partial charge in [0.1, 0.15) is 6.61 Å². The van der Waals surface area contributed by atoms with E-state index in [1.807, 2.05) is 30.3 Å². The van der Waals surface area contributed by atoms with Crippen LogP contribution in [0.2, 0.25) is 0 Å². The summed E-state index contributed by atoms with van der Waals surface area (Å²) >= 11 is 0. The van der Waals surface area contributed by atoms with Crippen molar-refractivity contribution in [2.24, 2.45) is 5.92 Å². The first-order valence-electron chi connectivity index (χ1n) is 7.48. The van der Waals surface area contributed by atoms with Crippen LogP contribution in [0.3, 0.4) is 0 Å². The molecule has 24 heavy (non-hydrogen) atoms. The summed E-state index contributed by atoms with van der Waals surface area (Å²) in [4.78, 5) is 24.3. The first kappa shape index (κ1) is 17.3. The van der Waals surface area contributed by atoms with Gasteiger partial charge in [-0.15, -0.1) is 6.42 Å². The second kappa shape index (κ2) is 8.54. The molecule has 4 heteroatoms. The number of terminal acetylenes is 1. The van der Waals surface area contributed by atoms with E-state index in [9.17, 15) is 9.59 Å². The third kappa shape index (κ3) is 4.47. The molecule has 0 radical (unpaired) electrons. The molecule has 0 heterocycles. The second-order valence-corrected chi connectivity index (χ2v) is 5.17. The van der Waals surface area contributed by atoms with Gasteiger partial charge in [-0.2, -0.15) is 0 Å². The smallest absolute Gasteiger partial charge is 0.321 e. The molecule has 2 aromatic carbocycles. The minimum atomic E-state index is -1.05. The molecule has 0 aliphatic carbocycles. The Bertz CT molecular complexity index is 744. The summed E-state index contributed by atoms with van der Waals surface area (Å²) in [5.41, 5.74) is 2.22. The first-order chi connectivity index (χ1) is 11.7. The molecule has 0 spiro atoms. The van der Waals surface area contributed by atoms with E-state index in [4.69, 9.17) is 15.9 Å². The standard InChI is InChI=1S/C20H18O4/c1-3-16-11-7-8-12-17(16)13-18(19(21)23-2)20(22)24-14-15-9-5-4-6-10-15/h1,4-12,18H,13-14H2,2H3. The van der Waals surface area contributed by atoms with E-state index in [1.165, 1.54) is 7.11 Å². The summed E-state index contributed by atoms with van der Waals surface area (Å²) in [7, 11) is 1.24. The van der Waals surface area contributed by atoms with Crippen LogP contribution in [0.15, 0.2) is 54.6 Å². The van der Waals surface area contributed by atoms with Crippen molar-refractivity contribution in [2.45, 2.75) is 13.0 Å². The molecule has 1 unspecified atom stereocenters. The molecule has 0 amide bonds. The molecule has 0 saturated carbocycles. The lowest BCUT2D eigenvalue weighted by molar-refractivity contribution is -0.161. The van der Waals surface area contributed by atoms with Crippen LogP contribution in [0.5, 0.6) is 0 Å². The van der Waals surface area contributed by atoms with Crippen LogP contribution in [-0.4, -0.2) is 19.0 Å². The summed E-state index contributed by atoms with van der Waals surface area (Å²) in [6.45, 7) is 0.101. The number of benzene rings is 2. The van der Waals surface area contributed by atoms with Gasteiger partial charge in [0, 0.05) is 5.56 Å². The SMILES string of the molecule is C#Cc1ccccc1CC(C(=O)OC)C(=O)OCc1ccccc1. The van der Waals surface area contributed by atoms with E-state index in [1.54, 1.807) is 24.3 Å². The molecule has 0 aromatic heterocycles. The minimum Gasteiger partial charge on any atom is -0.468 e. The van der Waals surface area contributed by atoms with E-state index in [-0.39, 0.29) is 13.0 Å². The number of esters is 2. The monoisotopic (exact) mass is 322 g/mol. The van der Waals surface area contributed by atoms with Crippen molar-refractivity contribution in [2.75, 3.05) is 7.11 Å². The molecule has 0 aliphatic heterocycles. The Balaban J connectivity index is 2.11. The van der Waals surface area contributed by atoms with E-state index < -0.39 is 17.9 Å². The van der Waals surface area contributed by atoms with E-state index in [0.717, 1.165) is 11.1 Å². The van der Waals surface area contributed by atoms with Crippen LogP contribution < -0.4 is 0 Å². The molecule has 2 rings (SSSR count). The van der Waals surface area contributed by atoms with Crippen molar-refractivity contribution in [3.05, 3.63) is 71.3 Å². The Morgan fingerprint density at radius 3 is 2.38 bits per heavy atom. The summed E-state index contributed by atoms with van der Waals surface area (Å²) < 4.78 is 10.0. The maximum atomic E-state index is 12.3. The highest BCUT2D eigenvalue weighted by atomic mass is 16.5. The Labute approximate surface area is 141 Å². The van der Waals surface area contributed by atoms with E-state index in [0.29, 0.717) is 5.56 Å². The Hall–Kier alpha value is -3.06.